The van der Waals surface area contributed by atoms with Crippen molar-refractivity contribution in [1.82, 2.24) is 0 Å². The predicted molar refractivity (Wildman–Crippen MR) is 37.3 cm³/mol. The number of aliphatic hydroxyl groups excluding tert-OH is 1. The third-order valence-electron chi connectivity index (χ3n) is 1.68. The van der Waals surface area contributed by atoms with Gasteiger partial charge in [0.15, 0.2) is 9.84 Å². The summed E-state index contributed by atoms with van der Waals surface area (Å²) in [5.74, 6) is -0.0562. The van der Waals surface area contributed by atoms with Crippen LogP contribution in [0.3, 0.4) is 0 Å². The third-order valence-corrected chi connectivity index (χ3v) is 3.39. The Morgan fingerprint density at radius 1 is 1.50 bits per heavy atom. The fourth-order valence-electron chi connectivity index (χ4n) is 0.975. The fraction of sp³-hybridized carbons (Fsp3) is 1.00. The zero-order valence-corrected chi connectivity index (χ0v) is 6.34. The van der Waals surface area contributed by atoms with Crippen molar-refractivity contribution in [2.45, 2.75) is 18.6 Å². The van der Waals surface area contributed by atoms with Crippen LogP contribution in [0.15, 0.2) is 0 Å². The Balaban J connectivity index is 2.66. The van der Waals surface area contributed by atoms with Gasteiger partial charge in [0.1, 0.15) is 0 Å². The van der Waals surface area contributed by atoms with Crippen LogP contribution in [0.5, 0.6) is 0 Å². The van der Waals surface area contributed by atoms with Crippen molar-refractivity contribution in [2.75, 3.05) is 11.5 Å². The summed E-state index contributed by atoms with van der Waals surface area (Å²) in [4.78, 5) is 0. The van der Waals surface area contributed by atoms with Crippen LogP contribution in [0, 0.1) is 0 Å². The molecule has 1 rings (SSSR count). The highest BCUT2D eigenvalue weighted by molar-refractivity contribution is 7.91. The minimum absolute atomic E-state index is 0.116. The summed E-state index contributed by atoms with van der Waals surface area (Å²) >= 11 is 0. The van der Waals surface area contributed by atoms with Crippen LogP contribution in [-0.2, 0) is 9.84 Å². The summed E-state index contributed by atoms with van der Waals surface area (Å²) in [5.41, 5.74) is 5.38. The van der Waals surface area contributed by atoms with Crippen LogP contribution >= 0.6 is 0 Å². The molecule has 1 aliphatic rings. The Bertz CT molecular complexity index is 211. The van der Waals surface area contributed by atoms with Crippen LogP contribution in [0.25, 0.3) is 0 Å². The van der Waals surface area contributed by atoms with Crippen molar-refractivity contribution in [3.8, 4) is 0 Å². The maximum atomic E-state index is 10.8. The first-order chi connectivity index (χ1) is 4.51. The van der Waals surface area contributed by atoms with E-state index in [2.05, 4.69) is 0 Å². The lowest BCUT2D eigenvalue weighted by Crippen LogP contribution is -2.45. The van der Waals surface area contributed by atoms with Gasteiger partial charge in [-0.3, -0.25) is 0 Å². The normalized spacial score (nSPS) is 39.4. The molecule has 2 atom stereocenters. The third kappa shape index (κ3) is 1.68. The lowest BCUT2D eigenvalue weighted by molar-refractivity contribution is 0.159. The largest absolute Gasteiger partial charge is 0.390 e. The summed E-state index contributed by atoms with van der Waals surface area (Å²) in [6, 6.07) is -0.358. The summed E-state index contributed by atoms with van der Waals surface area (Å²) < 4.78 is 21.6. The summed E-state index contributed by atoms with van der Waals surface area (Å²) in [5, 5.41) is 9.01. The van der Waals surface area contributed by atoms with E-state index in [-0.39, 0.29) is 17.5 Å². The van der Waals surface area contributed by atoms with Crippen LogP contribution in [0.1, 0.15) is 6.42 Å². The Hall–Kier alpha value is -0.130. The van der Waals surface area contributed by atoms with Crippen molar-refractivity contribution >= 4 is 9.84 Å². The van der Waals surface area contributed by atoms with Crippen molar-refractivity contribution in [1.29, 1.82) is 0 Å². The van der Waals surface area contributed by atoms with Crippen LogP contribution < -0.4 is 5.73 Å². The Morgan fingerprint density at radius 3 is 2.50 bits per heavy atom. The molecule has 1 saturated heterocycles. The second-order valence-electron chi connectivity index (χ2n) is 2.63. The molecule has 0 spiro atoms. The fourth-order valence-corrected chi connectivity index (χ4v) is 2.54. The summed E-state index contributed by atoms with van der Waals surface area (Å²) in [6.07, 6.45) is -0.484. The molecule has 60 valence electrons. The molecular weight excluding hydrogens is 154 g/mol. The molecule has 0 bridgehead atoms. The van der Waals surface area contributed by atoms with Gasteiger partial charge >= 0.3 is 0 Å². The second-order valence-corrected chi connectivity index (χ2v) is 4.86. The van der Waals surface area contributed by atoms with Gasteiger partial charge < -0.3 is 10.8 Å². The Labute approximate surface area is 60.0 Å². The van der Waals surface area contributed by atoms with Crippen molar-refractivity contribution < 1.29 is 13.5 Å². The summed E-state index contributed by atoms with van der Waals surface area (Å²) in [7, 11) is -2.99. The lowest BCUT2D eigenvalue weighted by Gasteiger charge is -2.23. The minimum Gasteiger partial charge on any atom is -0.390 e. The van der Waals surface area contributed by atoms with Crippen molar-refractivity contribution in [3.63, 3.8) is 0 Å². The number of nitrogens with two attached hydrogens (primary N) is 1. The van der Waals surface area contributed by atoms with Gasteiger partial charge in [-0.2, -0.15) is 0 Å². The smallest absolute Gasteiger partial charge is 0.152 e. The van der Waals surface area contributed by atoms with Gasteiger partial charge in [0.25, 0.3) is 0 Å². The van der Waals surface area contributed by atoms with Gasteiger partial charge in [0.2, 0.25) is 0 Å². The number of rotatable bonds is 0. The van der Waals surface area contributed by atoms with E-state index in [1.807, 2.05) is 0 Å². The highest BCUT2D eigenvalue weighted by atomic mass is 32.2. The molecule has 0 aromatic rings. The van der Waals surface area contributed by atoms with E-state index < -0.39 is 15.9 Å². The first kappa shape index (κ1) is 7.97. The number of sulfone groups is 1. The maximum Gasteiger partial charge on any atom is 0.152 e. The molecule has 4 nitrogen and oxygen atoms in total. The van der Waals surface area contributed by atoms with E-state index in [9.17, 15) is 8.42 Å². The molecule has 0 aliphatic carbocycles. The van der Waals surface area contributed by atoms with E-state index in [4.69, 9.17) is 10.8 Å². The highest BCUT2D eigenvalue weighted by Crippen LogP contribution is 2.10. The Morgan fingerprint density at radius 2 is 2.10 bits per heavy atom. The van der Waals surface area contributed by atoms with Crippen LogP contribution in [0.4, 0.5) is 0 Å². The first-order valence-corrected chi connectivity index (χ1v) is 4.97. The van der Waals surface area contributed by atoms with Crippen molar-refractivity contribution in [2.24, 2.45) is 5.73 Å². The van der Waals surface area contributed by atoms with Crippen molar-refractivity contribution in [3.05, 3.63) is 0 Å². The molecule has 0 aromatic heterocycles. The summed E-state index contributed by atoms with van der Waals surface area (Å²) in [6.45, 7) is 0. The minimum atomic E-state index is -2.99. The molecule has 3 N–H and O–H groups in total. The monoisotopic (exact) mass is 165 g/mol. The second kappa shape index (κ2) is 2.48. The van der Waals surface area contributed by atoms with Gasteiger partial charge in [-0.1, -0.05) is 0 Å². The van der Waals surface area contributed by atoms with E-state index in [0.717, 1.165) is 0 Å². The predicted octanol–water partition coefficient (Wildman–Crippen LogP) is -1.51. The van der Waals surface area contributed by atoms with E-state index >= 15 is 0 Å². The van der Waals surface area contributed by atoms with E-state index in [1.54, 1.807) is 0 Å². The van der Waals surface area contributed by atoms with Gasteiger partial charge in [0, 0.05) is 6.04 Å². The Kier molecular flexibility index (Phi) is 1.98. The molecule has 0 aromatic carbocycles. The maximum absolute atomic E-state index is 10.8. The molecule has 10 heavy (non-hydrogen) atoms. The molecule has 1 heterocycles. The molecule has 0 radical (unpaired) electrons. The topological polar surface area (TPSA) is 80.4 Å². The van der Waals surface area contributed by atoms with E-state index in [1.165, 1.54) is 0 Å². The molecule has 5 heteroatoms. The molecular formula is C5H11NO3S. The van der Waals surface area contributed by atoms with Gasteiger partial charge in [-0.15, -0.1) is 0 Å². The average molecular weight is 165 g/mol. The quantitative estimate of drug-likeness (QED) is 0.457. The molecule has 1 fully saturated rings. The zero-order chi connectivity index (χ0) is 7.78. The van der Waals surface area contributed by atoms with E-state index in [0.29, 0.717) is 6.42 Å². The van der Waals surface area contributed by atoms with Gasteiger partial charge in [-0.25, -0.2) is 8.42 Å². The van der Waals surface area contributed by atoms with Gasteiger partial charge in [-0.05, 0) is 6.42 Å². The number of hydrogen-bond acceptors (Lipinski definition) is 4. The van der Waals surface area contributed by atoms with Gasteiger partial charge in [0.05, 0.1) is 17.6 Å². The van der Waals surface area contributed by atoms with Crippen LogP contribution in [-0.4, -0.2) is 37.2 Å². The number of aliphatic hydroxyl groups is 1. The standard InChI is InChI=1S/C5H11NO3S/c6-4-1-2-10(8,9)3-5(4)7/h4-5,7H,1-3,6H2. The molecule has 0 saturated carbocycles. The molecule has 0 amide bonds. The zero-order valence-electron chi connectivity index (χ0n) is 5.53. The van der Waals surface area contributed by atoms with Crippen LogP contribution in [0.2, 0.25) is 0 Å². The first-order valence-electron chi connectivity index (χ1n) is 3.15. The highest BCUT2D eigenvalue weighted by Gasteiger charge is 2.28. The molecule has 2 unspecified atom stereocenters. The SMILES string of the molecule is NC1CCS(=O)(=O)CC1O. The average Bonchev–Trinajstić information content (AvgIpc) is 1.79. The molecule has 1 aliphatic heterocycles. The lowest BCUT2D eigenvalue weighted by atomic mass is 10.1. The number of hydrogen-bond donors (Lipinski definition) is 2.